The van der Waals surface area contributed by atoms with Crippen LogP contribution in [-0.4, -0.2) is 37.3 Å². The van der Waals surface area contributed by atoms with Gasteiger partial charge in [0.25, 0.3) is 0 Å². The van der Waals surface area contributed by atoms with Crippen molar-refractivity contribution >= 4 is 17.3 Å². The smallest absolute Gasteiger partial charge is 0.305 e. The van der Waals surface area contributed by atoms with Crippen molar-refractivity contribution in [3.8, 4) is 0 Å². The van der Waals surface area contributed by atoms with Gasteiger partial charge in [0.05, 0.1) is 6.42 Å². The number of nitrogens with zero attached hydrogens (tertiary/aromatic N) is 2. The lowest BCUT2D eigenvalue weighted by atomic mass is 10.1. The van der Waals surface area contributed by atoms with Crippen LogP contribution >= 0.6 is 0 Å². The van der Waals surface area contributed by atoms with Gasteiger partial charge in [0.1, 0.15) is 0 Å². The SMILES string of the molecule is CC(C)CCN(CCC(=O)O)c1ccc(N2CCCC2)cc1. The predicted octanol–water partition coefficient (Wildman–Crippen LogP) is 3.61. The van der Waals surface area contributed by atoms with E-state index in [1.54, 1.807) is 0 Å². The van der Waals surface area contributed by atoms with E-state index in [-0.39, 0.29) is 6.42 Å². The van der Waals surface area contributed by atoms with Crippen molar-refractivity contribution in [3.63, 3.8) is 0 Å². The summed E-state index contributed by atoms with van der Waals surface area (Å²) in [5.74, 6) is -0.112. The summed E-state index contributed by atoms with van der Waals surface area (Å²) >= 11 is 0. The molecule has 0 aromatic heterocycles. The van der Waals surface area contributed by atoms with Crippen molar-refractivity contribution in [3.05, 3.63) is 24.3 Å². The first-order valence-electron chi connectivity index (χ1n) is 8.38. The normalized spacial score (nSPS) is 14.6. The van der Waals surface area contributed by atoms with Crippen LogP contribution in [0.5, 0.6) is 0 Å². The molecule has 2 rings (SSSR count). The number of rotatable bonds is 8. The molecule has 1 aliphatic heterocycles. The third kappa shape index (κ3) is 4.93. The van der Waals surface area contributed by atoms with Gasteiger partial charge in [-0.1, -0.05) is 13.8 Å². The number of hydrogen-bond acceptors (Lipinski definition) is 3. The molecule has 0 unspecified atom stereocenters. The van der Waals surface area contributed by atoms with E-state index in [4.69, 9.17) is 5.11 Å². The van der Waals surface area contributed by atoms with Crippen LogP contribution < -0.4 is 9.80 Å². The second-order valence-electron chi connectivity index (χ2n) is 6.52. The minimum absolute atomic E-state index is 0.186. The quantitative estimate of drug-likeness (QED) is 0.797. The Morgan fingerprint density at radius 3 is 2.36 bits per heavy atom. The highest BCUT2D eigenvalue weighted by atomic mass is 16.4. The lowest BCUT2D eigenvalue weighted by molar-refractivity contribution is -0.136. The van der Waals surface area contributed by atoms with Crippen LogP contribution in [0.3, 0.4) is 0 Å². The van der Waals surface area contributed by atoms with Gasteiger partial charge in [0.2, 0.25) is 0 Å². The molecule has 0 spiro atoms. The number of hydrogen-bond donors (Lipinski definition) is 1. The predicted molar refractivity (Wildman–Crippen MR) is 91.8 cm³/mol. The molecule has 1 heterocycles. The summed E-state index contributed by atoms with van der Waals surface area (Å²) in [5.41, 5.74) is 2.41. The van der Waals surface area contributed by atoms with Crippen LogP contribution in [0.15, 0.2) is 24.3 Å². The Bertz CT molecular complexity index is 464. The minimum Gasteiger partial charge on any atom is -0.481 e. The van der Waals surface area contributed by atoms with Gasteiger partial charge in [-0.2, -0.15) is 0 Å². The molecule has 1 aromatic rings. The average molecular weight is 304 g/mol. The molecule has 1 saturated heterocycles. The van der Waals surface area contributed by atoms with Crippen LogP contribution in [-0.2, 0) is 4.79 Å². The standard InChI is InChI=1S/C18H28N2O2/c1-15(2)9-13-20(14-10-18(21)22)17-7-5-16(6-8-17)19-11-3-4-12-19/h5-8,15H,3-4,9-14H2,1-2H3,(H,21,22). The Kier molecular flexibility index (Phi) is 6.10. The first-order chi connectivity index (χ1) is 10.6. The first kappa shape index (κ1) is 16.7. The van der Waals surface area contributed by atoms with Crippen molar-refractivity contribution in [1.82, 2.24) is 0 Å². The fourth-order valence-electron chi connectivity index (χ4n) is 2.86. The number of benzene rings is 1. The molecule has 122 valence electrons. The summed E-state index contributed by atoms with van der Waals surface area (Å²) in [6, 6.07) is 8.61. The molecule has 0 bridgehead atoms. The first-order valence-corrected chi connectivity index (χ1v) is 8.38. The van der Waals surface area contributed by atoms with E-state index in [9.17, 15) is 4.79 Å². The molecule has 4 heteroatoms. The highest BCUT2D eigenvalue weighted by Crippen LogP contribution is 2.24. The summed E-state index contributed by atoms with van der Waals surface area (Å²) in [6.07, 6.45) is 3.82. The van der Waals surface area contributed by atoms with Crippen molar-refractivity contribution in [2.75, 3.05) is 36.0 Å². The number of carboxylic acid groups (broad SMARTS) is 1. The van der Waals surface area contributed by atoms with Gasteiger partial charge >= 0.3 is 5.97 Å². The molecule has 4 nitrogen and oxygen atoms in total. The zero-order valence-corrected chi connectivity index (χ0v) is 13.8. The van der Waals surface area contributed by atoms with E-state index in [0.29, 0.717) is 12.5 Å². The Labute approximate surface area is 133 Å². The number of anilines is 2. The van der Waals surface area contributed by atoms with Crippen molar-refractivity contribution in [2.45, 2.75) is 39.5 Å². The molecule has 22 heavy (non-hydrogen) atoms. The maximum absolute atomic E-state index is 10.9. The van der Waals surface area contributed by atoms with Gasteiger partial charge in [-0.3, -0.25) is 4.79 Å². The summed E-state index contributed by atoms with van der Waals surface area (Å²) in [7, 11) is 0. The van der Waals surface area contributed by atoms with Crippen LogP contribution in [0.2, 0.25) is 0 Å². The highest BCUT2D eigenvalue weighted by molar-refractivity contribution is 5.68. The van der Waals surface area contributed by atoms with Crippen LogP contribution in [0, 0.1) is 5.92 Å². The van der Waals surface area contributed by atoms with E-state index >= 15 is 0 Å². The van der Waals surface area contributed by atoms with Crippen LogP contribution in [0.25, 0.3) is 0 Å². The summed E-state index contributed by atoms with van der Waals surface area (Å²) in [6.45, 7) is 8.18. The van der Waals surface area contributed by atoms with E-state index in [2.05, 4.69) is 47.9 Å². The molecule has 0 radical (unpaired) electrons. The molecule has 1 aliphatic rings. The van der Waals surface area contributed by atoms with E-state index in [1.807, 2.05) is 0 Å². The average Bonchev–Trinajstić information content (AvgIpc) is 3.01. The summed E-state index contributed by atoms with van der Waals surface area (Å²) in [5, 5.41) is 8.94. The molecule has 0 saturated carbocycles. The Morgan fingerprint density at radius 1 is 1.18 bits per heavy atom. The van der Waals surface area contributed by atoms with E-state index < -0.39 is 5.97 Å². The second kappa shape index (κ2) is 8.06. The highest BCUT2D eigenvalue weighted by Gasteiger charge is 2.14. The Morgan fingerprint density at radius 2 is 1.82 bits per heavy atom. The summed E-state index contributed by atoms with van der Waals surface area (Å²) < 4.78 is 0. The fourth-order valence-corrected chi connectivity index (χ4v) is 2.86. The molecule has 0 amide bonds. The number of carbonyl (C=O) groups is 1. The van der Waals surface area contributed by atoms with Gasteiger partial charge < -0.3 is 14.9 Å². The van der Waals surface area contributed by atoms with Crippen molar-refractivity contribution in [1.29, 1.82) is 0 Å². The van der Waals surface area contributed by atoms with Gasteiger partial charge in [0.15, 0.2) is 0 Å². The third-order valence-electron chi connectivity index (χ3n) is 4.26. The Balaban J connectivity index is 2.02. The van der Waals surface area contributed by atoms with Gasteiger partial charge in [-0.15, -0.1) is 0 Å². The third-order valence-corrected chi connectivity index (χ3v) is 4.26. The maximum atomic E-state index is 10.9. The van der Waals surface area contributed by atoms with E-state index in [0.717, 1.165) is 31.7 Å². The number of aliphatic carboxylic acids is 1. The Hall–Kier alpha value is -1.71. The zero-order chi connectivity index (χ0) is 15.9. The van der Waals surface area contributed by atoms with E-state index in [1.165, 1.54) is 18.5 Å². The molecular weight excluding hydrogens is 276 g/mol. The molecular formula is C18H28N2O2. The zero-order valence-electron chi connectivity index (χ0n) is 13.8. The van der Waals surface area contributed by atoms with Gasteiger partial charge in [-0.05, 0) is 49.4 Å². The summed E-state index contributed by atoms with van der Waals surface area (Å²) in [4.78, 5) is 15.5. The minimum atomic E-state index is -0.733. The molecule has 0 atom stereocenters. The van der Waals surface area contributed by atoms with Crippen molar-refractivity contribution < 1.29 is 9.90 Å². The molecule has 1 aromatic carbocycles. The largest absolute Gasteiger partial charge is 0.481 e. The fraction of sp³-hybridized carbons (Fsp3) is 0.611. The molecule has 1 fully saturated rings. The molecule has 0 aliphatic carbocycles. The number of carboxylic acids is 1. The van der Waals surface area contributed by atoms with Gasteiger partial charge in [-0.25, -0.2) is 0 Å². The van der Waals surface area contributed by atoms with Crippen LogP contribution in [0.4, 0.5) is 11.4 Å². The van der Waals surface area contributed by atoms with Gasteiger partial charge in [0, 0.05) is 37.6 Å². The lowest BCUT2D eigenvalue weighted by Crippen LogP contribution is -2.28. The van der Waals surface area contributed by atoms with Crippen LogP contribution in [0.1, 0.15) is 39.5 Å². The molecule has 1 N–H and O–H groups in total. The maximum Gasteiger partial charge on any atom is 0.305 e. The second-order valence-corrected chi connectivity index (χ2v) is 6.52. The lowest BCUT2D eigenvalue weighted by Gasteiger charge is -2.26. The van der Waals surface area contributed by atoms with Crippen molar-refractivity contribution in [2.24, 2.45) is 5.92 Å². The monoisotopic (exact) mass is 304 g/mol. The topological polar surface area (TPSA) is 43.8 Å².